The van der Waals surface area contributed by atoms with Gasteiger partial charge in [0.2, 0.25) is 0 Å². The molecule has 0 aliphatic carbocycles. The van der Waals surface area contributed by atoms with Crippen molar-refractivity contribution in [2.75, 3.05) is 0 Å². The zero-order valence-electron chi connectivity index (χ0n) is 14.7. The second-order valence-corrected chi connectivity index (χ2v) is 6.56. The van der Waals surface area contributed by atoms with E-state index in [0.717, 1.165) is 0 Å². The van der Waals surface area contributed by atoms with E-state index in [0.29, 0.717) is 0 Å². The van der Waals surface area contributed by atoms with Gasteiger partial charge >= 0.3 is 0 Å². The van der Waals surface area contributed by atoms with Crippen LogP contribution in [-0.4, -0.2) is 0 Å². The van der Waals surface area contributed by atoms with Crippen LogP contribution in [0.4, 0.5) is 0 Å². The van der Waals surface area contributed by atoms with Crippen molar-refractivity contribution in [2.45, 2.75) is 71.1 Å². The SMILES string of the molecule is CCCCCCCCCCCc1ccc(-c2cc[c]cc2)cc1. The Morgan fingerprint density at radius 3 is 1.74 bits per heavy atom. The van der Waals surface area contributed by atoms with Gasteiger partial charge < -0.3 is 0 Å². The van der Waals surface area contributed by atoms with Gasteiger partial charge in [-0.3, -0.25) is 0 Å². The van der Waals surface area contributed by atoms with Crippen LogP contribution in [0.2, 0.25) is 0 Å². The molecule has 0 heterocycles. The molecule has 0 spiro atoms. The largest absolute Gasteiger partial charge is 0.0654 e. The van der Waals surface area contributed by atoms with Crippen molar-refractivity contribution < 1.29 is 0 Å². The van der Waals surface area contributed by atoms with Gasteiger partial charge in [-0.25, -0.2) is 0 Å². The van der Waals surface area contributed by atoms with Gasteiger partial charge in [-0.1, -0.05) is 107 Å². The summed E-state index contributed by atoms with van der Waals surface area (Å²) in [5, 5.41) is 0. The number of rotatable bonds is 11. The first kappa shape index (κ1) is 17.8. The zero-order valence-corrected chi connectivity index (χ0v) is 14.7. The van der Waals surface area contributed by atoms with Crippen LogP contribution < -0.4 is 0 Å². The van der Waals surface area contributed by atoms with E-state index in [-0.39, 0.29) is 0 Å². The van der Waals surface area contributed by atoms with Crippen LogP contribution in [0, 0.1) is 6.07 Å². The summed E-state index contributed by atoms with van der Waals surface area (Å²) in [7, 11) is 0. The van der Waals surface area contributed by atoms with Crippen LogP contribution in [0.5, 0.6) is 0 Å². The molecule has 1 radical (unpaired) electrons. The summed E-state index contributed by atoms with van der Waals surface area (Å²) >= 11 is 0. The van der Waals surface area contributed by atoms with Crippen LogP contribution in [0.25, 0.3) is 11.1 Å². The zero-order chi connectivity index (χ0) is 16.2. The molecule has 0 atom stereocenters. The van der Waals surface area contributed by atoms with Gasteiger partial charge in [-0.05, 0) is 35.6 Å². The molecule has 0 saturated carbocycles. The maximum Gasteiger partial charge on any atom is -0.0184 e. The average molecular weight is 308 g/mol. The molecule has 0 fully saturated rings. The van der Waals surface area contributed by atoms with E-state index < -0.39 is 0 Å². The molecule has 2 aromatic rings. The number of aryl methyl sites for hydroxylation is 1. The third-order valence-corrected chi connectivity index (χ3v) is 4.57. The fourth-order valence-corrected chi connectivity index (χ4v) is 3.08. The molecule has 0 bridgehead atoms. The molecule has 2 rings (SSSR count). The molecule has 0 heteroatoms. The van der Waals surface area contributed by atoms with Crippen LogP contribution >= 0.6 is 0 Å². The third kappa shape index (κ3) is 7.03. The number of hydrogen-bond donors (Lipinski definition) is 0. The molecule has 0 aliphatic heterocycles. The van der Waals surface area contributed by atoms with E-state index in [1.165, 1.54) is 80.9 Å². The smallest absolute Gasteiger partial charge is 0.0184 e. The van der Waals surface area contributed by atoms with Crippen molar-refractivity contribution in [3.05, 3.63) is 60.2 Å². The van der Waals surface area contributed by atoms with Gasteiger partial charge in [0, 0.05) is 0 Å². The summed E-state index contributed by atoms with van der Waals surface area (Å²) < 4.78 is 0. The van der Waals surface area contributed by atoms with E-state index in [1.807, 2.05) is 12.1 Å². The summed E-state index contributed by atoms with van der Waals surface area (Å²) in [6, 6.07) is 20.3. The molecule has 0 aliphatic rings. The van der Waals surface area contributed by atoms with E-state index in [9.17, 15) is 0 Å². The Kier molecular flexibility index (Phi) is 8.55. The summed E-state index contributed by atoms with van der Waals surface area (Å²) in [6.07, 6.45) is 13.8. The minimum atomic E-state index is 1.22. The second kappa shape index (κ2) is 11.0. The number of benzene rings is 2. The Hall–Kier alpha value is -1.56. The van der Waals surface area contributed by atoms with Crippen molar-refractivity contribution >= 4 is 0 Å². The first-order valence-electron chi connectivity index (χ1n) is 9.45. The molecule has 0 aromatic heterocycles. The highest BCUT2D eigenvalue weighted by Crippen LogP contribution is 2.20. The van der Waals surface area contributed by atoms with Gasteiger partial charge in [0.05, 0.1) is 0 Å². The molecular formula is C23H31. The maximum atomic E-state index is 3.07. The van der Waals surface area contributed by atoms with Gasteiger partial charge in [-0.15, -0.1) is 0 Å². The molecule has 0 N–H and O–H groups in total. The fraction of sp³-hybridized carbons (Fsp3) is 0.478. The standard InChI is InChI=1S/C23H31/c1-2-3-4-5-6-7-8-9-11-14-21-17-19-23(20-18-21)22-15-12-10-13-16-22/h12-13,15-20H,2-9,11,14H2,1H3. The third-order valence-electron chi connectivity index (χ3n) is 4.57. The van der Waals surface area contributed by atoms with Gasteiger partial charge in [0.1, 0.15) is 0 Å². The highest BCUT2D eigenvalue weighted by molar-refractivity contribution is 5.63. The van der Waals surface area contributed by atoms with Crippen LogP contribution in [0.1, 0.15) is 70.3 Å². The normalized spacial score (nSPS) is 10.8. The Morgan fingerprint density at radius 2 is 1.13 bits per heavy atom. The molecule has 0 saturated heterocycles. The molecule has 2 aromatic carbocycles. The Bertz CT molecular complexity index is 509. The minimum Gasteiger partial charge on any atom is -0.0654 e. The lowest BCUT2D eigenvalue weighted by molar-refractivity contribution is 0.565. The summed E-state index contributed by atoms with van der Waals surface area (Å²) in [6.45, 7) is 2.28. The molecular weight excluding hydrogens is 276 g/mol. The first-order valence-corrected chi connectivity index (χ1v) is 9.45. The van der Waals surface area contributed by atoms with Crippen LogP contribution in [0.15, 0.2) is 48.5 Å². The highest BCUT2D eigenvalue weighted by atomic mass is 14.0. The van der Waals surface area contributed by atoms with Crippen LogP contribution in [0.3, 0.4) is 0 Å². The van der Waals surface area contributed by atoms with Crippen LogP contribution in [-0.2, 0) is 6.42 Å². The van der Waals surface area contributed by atoms with Crippen molar-refractivity contribution in [3.63, 3.8) is 0 Å². The minimum absolute atomic E-state index is 1.22. The van der Waals surface area contributed by atoms with Gasteiger partial charge in [0.15, 0.2) is 0 Å². The van der Waals surface area contributed by atoms with E-state index in [4.69, 9.17) is 0 Å². The van der Waals surface area contributed by atoms with Crippen molar-refractivity contribution in [2.24, 2.45) is 0 Å². The Labute approximate surface area is 143 Å². The number of hydrogen-bond acceptors (Lipinski definition) is 0. The summed E-state index contributed by atoms with van der Waals surface area (Å²) in [4.78, 5) is 0. The lowest BCUT2D eigenvalue weighted by Crippen LogP contribution is -1.87. The van der Waals surface area contributed by atoms with Crippen molar-refractivity contribution in [1.82, 2.24) is 0 Å². The predicted octanol–water partition coefficient (Wildman–Crippen LogP) is 7.23. The summed E-state index contributed by atoms with van der Waals surface area (Å²) in [5.74, 6) is 0. The lowest BCUT2D eigenvalue weighted by Gasteiger charge is -2.05. The molecule has 23 heavy (non-hydrogen) atoms. The maximum absolute atomic E-state index is 3.07. The first-order chi connectivity index (χ1) is 11.4. The summed E-state index contributed by atoms with van der Waals surface area (Å²) in [5.41, 5.74) is 4.05. The molecule has 0 amide bonds. The lowest BCUT2D eigenvalue weighted by atomic mass is 10.0. The fourth-order valence-electron chi connectivity index (χ4n) is 3.08. The molecule has 0 nitrogen and oxygen atoms in total. The Balaban J connectivity index is 1.60. The average Bonchev–Trinajstić information content (AvgIpc) is 2.62. The molecule has 0 unspecified atom stereocenters. The number of unbranched alkanes of at least 4 members (excludes halogenated alkanes) is 8. The molecule has 123 valence electrons. The van der Waals surface area contributed by atoms with Gasteiger partial charge in [-0.2, -0.15) is 0 Å². The van der Waals surface area contributed by atoms with Gasteiger partial charge in [0.25, 0.3) is 0 Å². The van der Waals surface area contributed by atoms with E-state index in [1.54, 1.807) is 0 Å². The Morgan fingerprint density at radius 1 is 0.609 bits per heavy atom. The van der Waals surface area contributed by atoms with Crippen molar-refractivity contribution in [3.8, 4) is 11.1 Å². The second-order valence-electron chi connectivity index (χ2n) is 6.56. The predicted molar refractivity (Wildman–Crippen MR) is 102 cm³/mol. The van der Waals surface area contributed by atoms with E-state index >= 15 is 0 Å². The quantitative estimate of drug-likeness (QED) is 0.384. The van der Waals surface area contributed by atoms with Crippen molar-refractivity contribution in [1.29, 1.82) is 0 Å². The highest BCUT2D eigenvalue weighted by Gasteiger charge is 1.98. The topological polar surface area (TPSA) is 0 Å². The van der Waals surface area contributed by atoms with E-state index in [2.05, 4.69) is 49.4 Å². The monoisotopic (exact) mass is 307 g/mol.